The fourth-order valence-corrected chi connectivity index (χ4v) is 2.30. The van der Waals surface area contributed by atoms with E-state index in [0.717, 1.165) is 17.5 Å². The van der Waals surface area contributed by atoms with E-state index in [1.54, 1.807) is 0 Å². The highest BCUT2D eigenvalue weighted by atomic mass is 16.5. The fourth-order valence-electron chi connectivity index (χ4n) is 2.30. The molecule has 21 heavy (non-hydrogen) atoms. The summed E-state index contributed by atoms with van der Waals surface area (Å²) in [5.41, 5.74) is 1.82. The molecule has 1 aromatic carbocycles. The first kappa shape index (κ1) is 13.3. The molecule has 0 radical (unpaired) electrons. The van der Waals surface area contributed by atoms with Gasteiger partial charge in [0, 0.05) is 6.07 Å². The first-order valence-corrected chi connectivity index (χ1v) is 6.44. The number of carboxylic acid groups (broad SMARTS) is 1. The third-order valence-electron chi connectivity index (χ3n) is 3.29. The van der Waals surface area contributed by atoms with Crippen LogP contribution in [0.3, 0.4) is 0 Å². The number of anilines is 1. The van der Waals surface area contributed by atoms with Crippen LogP contribution < -0.4 is 5.32 Å². The van der Waals surface area contributed by atoms with Crippen molar-refractivity contribution < 1.29 is 19.4 Å². The van der Waals surface area contributed by atoms with Crippen molar-refractivity contribution in [2.24, 2.45) is 0 Å². The van der Waals surface area contributed by atoms with Gasteiger partial charge >= 0.3 is 5.97 Å². The van der Waals surface area contributed by atoms with Crippen LogP contribution in [0, 0.1) is 0 Å². The number of hydrogen-bond acceptors (Lipinski definition) is 4. The number of ether oxygens (including phenoxy) is 1. The number of carbonyl (C=O) groups excluding carboxylic acids is 1. The van der Waals surface area contributed by atoms with E-state index < -0.39 is 12.1 Å². The third-order valence-corrected chi connectivity index (χ3v) is 3.29. The molecule has 7 nitrogen and oxygen atoms in total. The number of carboxylic acids is 1. The van der Waals surface area contributed by atoms with Crippen LogP contribution in [0.15, 0.2) is 30.3 Å². The zero-order valence-electron chi connectivity index (χ0n) is 11.0. The lowest BCUT2D eigenvalue weighted by atomic mass is 9.97. The topological polar surface area (TPSA) is 104 Å². The molecule has 1 unspecified atom stereocenters. The van der Waals surface area contributed by atoms with E-state index in [0.29, 0.717) is 6.61 Å². The molecule has 7 heteroatoms. The van der Waals surface area contributed by atoms with Gasteiger partial charge in [-0.25, -0.2) is 4.79 Å². The number of nitrogens with zero attached hydrogens (tertiary/aromatic N) is 1. The molecule has 1 aromatic heterocycles. The Kier molecular flexibility index (Phi) is 3.41. The van der Waals surface area contributed by atoms with Gasteiger partial charge in [0.15, 0.2) is 11.9 Å². The van der Waals surface area contributed by atoms with Crippen molar-refractivity contribution >= 4 is 17.7 Å². The second-order valence-corrected chi connectivity index (χ2v) is 4.66. The molecule has 1 aliphatic heterocycles. The third kappa shape index (κ3) is 2.63. The van der Waals surface area contributed by atoms with Gasteiger partial charge in [0.2, 0.25) is 0 Å². The minimum absolute atomic E-state index is 0.0877. The highest BCUT2D eigenvalue weighted by molar-refractivity contribution is 5.95. The highest BCUT2D eigenvalue weighted by Crippen LogP contribution is 2.27. The summed E-state index contributed by atoms with van der Waals surface area (Å²) in [6.45, 7) is 0.468. The molecule has 0 spiro atoms. The van der Waals surface area contributed by atoms with E-state index in [1.807, 2.05) is 24.3 Å². The number of H-pyrrole nitrogens is 1. The summed E-state index contributed by atoms with van der Waals surface area (Å²) in [5.74, 6) is -1.35. The molecule has 0 bridgehead atoms. The number of aromatic nitrogens is 2. The molecule has 1 atom stereocenters. The average Bonchev–Trinajstić information content (AvgIpc) is 2.95. The minimum Gasteiger partial charge on any atom is -0.477 e. The smallest absolute Gasteiger partial charge is 0.353 e. The Morgan fingerprint density at radius 2 is 2.19 bits per heavy atom. The van der Waals surface area contributed by atoms with Gasteiger partial charge in [-0.05, 0) is 17.5 Å². The van der Waals surface area contributed by atoms with Crippen molar-refractivity contribution in [1.29, 1.82) is 0 Å². The van der Waals surface area contributed by atoms with E-state index in [9.17, 15) is 9.59 Å². The molecule has 0 saturated carbocycles. The Morgan fingerprint density at radius 3 is 2.95 bits per heavy atom. The largest absolute Gasteiger partial charge is 0.477 e. The quantitative estimate of drug-likeness (QED) is 0.790. The molecule has 0 saturated heterocycles. The lowest BCUT2D eigenvalue weighted by Gasteiger charge is -2.24. The molecular weight excluding hydrogens is 274 g/mol. The Morgan fingerprint density at radius 1 is 1.38 bits per heavy atom. The Bertz CT molecular complexity index is 695. The second kappa shape index (κ2) is 5.37. The van der Waals surface area contributed by atoms with E-state index in [1.165, 1.54) is 6.07 Å². The van der Waals surface area contributed by atoms with Crippen LogP contribution in [0.1, 0.15) is 27.7 Å². The predicted octanol–water partition coefficient (Wildman–Crippen LogP) is 1.36. The minimum atomic E-state index is -1.14. The monoisotopic (exact) mass is 287 g/mol. The summed E-state index contributed by atoms with van der Waals surface area (Å²) in [7, 11) is 0. The van der Waals surface area contributed by atoms with E-state index >= 15 is 0 Å². The van der Waals surface area contributed by atoms with E-state index in [-0.39, 0.29) is 17.4 Å². The number of carbonyl (C=O) groups is 2. The first-order valence-electron chi connectivity index (χ1n) is 6.44. The summed E-state index contributed by atoms with van der Waals surface area (Å²) >= 11 is 0. The molecule has 1 aliphatic rings. The number of hydrogen-bond donors (Lipinski definition) is 3. The van der Waals surface area contributed by atoms with Crippen LogP contribution in [0.2, 0.25) is 0 Å². The van der Waals surface area contributed by atoms with Crippen LogP contribution in [0.5, 0.6) is 0 Å². The van der Waals surface area contributed by atoms with Gasteiger partial charge in [0.25, 0.3) is 5.91 Å². The summed E-state index contributed by atoms with van der Waals surface area (Å²) in [6, 6.07) is 8.85. The van der Waals surface area contributed by atoms with Crippen LogP contribution in [-0.4, -0.2) is 33.8 Å². The molecule has 1 amide bonds. The van der Waals surface area contributed by atoms with Gasteiger partial charge in [-0.15, -0.1) is 0 Å². The molecular formula is C14H13N3O4. The Labute approximate surface area is 119 Å². The summed E-state index contributed by atoms with van der Waals surface area (Å²) in [5, 5.41) is 17.4. The van der Waals surface area contributed by atoms with E-state index in [4.69, 9.17) is 9.84 Å². The van der Waals surface area contributed by atoms with Crippen LogP contribution in [-0.2, 0) is 16.0 Å². The van der Waals surface area contributed by atoms with Crippen molar-refractivity contribution in [2.45, 2.75) is 12.5 Å². The highest BCUT2D eigenvalue weighted by Gasteiger charge is 2.27. The number of benzene rings is 1. The fraction of sp³-hybridized carbons (Fsp3) is 0.214. The maximum absolute atomic E-state index is 12.3. The normalized spacial score (nSPS) is 17.0. The maximum Gasteiger partial charge on any atom is 0.353 e. The Hall–Kier alpha value is -2.67. The Balaban J connectivity index is 1.78. The van der Waals surface area contributed by atoms with Gasteiger partial charge < -0.3 is 15.2 Å². The van der Waals surface area contributed by atoms with Crippen LogP contribution in [0.25, 0.3) is 0 Å². The number of fused-ring (bicyclic) bond motifs is 1. The molecule has 0 aliphatic carbocycles. The first-order chi connectivity index (χ1) is 10.1. The lowest BCUT2D eigenvalue weighted by molar-refractivity contribution is -0.128. The number of nitrogens with one attached hydrogen (secondary N) is 2. The lowest BCUT2D eigenvalue weighted by Crippen LogP contribution is -2.28. The van der Waals surface area contributed by atoms with E-state index in [2.05, 4.69) is 15.5 Å². The molecule has 3 N–H and O–H groups in total. The second-order valence-electron chi connectivity index (χ2n) is 4.66. The standard InChI is InChI=1S/C14H13N3O4/c18-13(15-11-7-10(14(19)20)16-17-11)12-9-4-2-1-3-8(9)5-6-21-12/h1-4,7,12H,5-6H2,(H,19,20)(H2,15,16,17,18). The number of rotatable bonds is 3. The van der Waals surface area contributed by atoms with Gasteiger partial charge in [-0.1, -0.05) is 24.3 Å². The number of aromatic carboxylic acids is 1. The van der Waals surface area contributed by atoms with Crippen molar-refractivity contribution in [2.75, 3.05) is 11.9 Å². The molecule has 0 fully saturated rings. The zero-order chi connectivity index (χ0) is 14.8. The number of amides is 1. The van der Waals surface area contributed by atoms with Gasteiger partial charge in [0.05, 0.1) is 6.61 Å². The summed E-state index contributed by atoms with van der Waals surface area (Å²) < 4.78 is 5.53. The van der Waals surface area contributed by atoms with Gasteiger partial charge in [-0.3, -0.25) is 9.89 Å². The maximum atomic E-state index is 12.3. The van der Waals surface area contributed by atoms with Crippen LogP contribution in [0.4, 0.5) is 5.82 Å². The summed E-state index contributed by atoms with van der Waals surface area (Å²) in [4.78, 5) is 23.0. The zero-order valence-corrected chi connectivity index (χ0v) is 11.0. The molecule has 108 valence electrons. The van der Waals surface area contributed by atoms with Crippen molar-refractivity contribution in [3.63, 3.8) is 0 Å². The van der Waals surface area contributed by atoms with Gasteiger partial charge in [-0.2, -0.15) is 5.10 Å². The molecule has 2 heterocycles. The number of aromatic amines is 1. The molecule has 2 aromatic rings. The molecule has 3 rings (SSSR count). The van der Waals surface area contributed by atoms with Crippen molar-refractivity contribution in [3.05, 3.63) is 47.2 Å². The summed E-state index contributed by atoms with van der Waals surface area (Å²) in [6.07, 6.45) is 0.0610. The van der Waals surface area contributed by atoms with Crippen LogP contribution >= 0.6 is 0 Å². The predicted molar refractivity (Wildman–Crippen MR) is 73.0 cm³/mol. The van der Waals surface area contributed by atoms with Crippen molar-refractivity contribution in [3.8, 4) is 0 Å². The SMILES string of the molecule is O=C(O)c1cc(NC(=O)C2OCCc3ccccc32)n[nH]1. The van der Waals surface area contributed by atoms with Crippen molar-refractivity contribution in [1.82, 2.24) is 10.2 Å². The average molecular weight is 287 g/mol. The van der Waals surface area contributed by atoms with Gasteiger partial charge in [0.1, 0.15) is 5.69 Å².